The van der Waals surface area contributed by atoms with Crippen LogP contribution in [0.2, 0.25) is 0 Å². The zero-order chi connectivity index (χ0) is 13.9. The average molecular weight is 266 g/mol. The molecule has 1 aliphatic rings. The highest BCUT2D eigenvalue weighted by Gasteiger charge is 2.28. The Morgan fingerprint density at radius 3 is 2.20 bits per heavy atom. The number of hydrogen-bond acceptors (Lipinski definition) is 2. The number of amides is 1. The van der Waals surface area contributed by atoms with Gasteiger partial charge in [-0.1, -0.05) is 48.5 Å². The third-order valence-corrected chi connectivity index (χ3v) is 3.61. The van der Waals surface area contributed by atoms with Gasteiger partial charge in [-0.05, 0) is 29.2 Å². The first-order chi connectivity index (χ1) is 9.81. The van der Waals surface area contributed by atoms with Gasteiger partial charge in [-0.3, -0.25) is 0 Å². The van der Waals surface area contributed by atoms with Crippen molar-refractivity contribution in [1.29, 1.82) is 0 Å². The summed E-state index contributed by atoms with van der Waals surface area (Å²) in [4.78, 5) is 11.5. The average Bonchev–Trinajstić information content (AvgIpc) is 2.80. The van der Waals surface area contributed by atoms with Crippen LogP contribution in [0, 0.1) is 6.54 Å². The van der Waals surface area contributed by atoms with Crippen LogP contribution in [0.1, 0.15) is 24.0 Å². The van der Waals surface area contributed by atoms with E-state index >= 15 is 0 Å². The smallest absolute Gasteiger partial charge is 0.407 e. The van der Waals surface area contributed by atoms with Gasteiger partial charge in [0.15, 0.2) is 0 Å². The van der Waals surface area contributed by atoms with E-state index in [1.165, 1.54) is 22.3 Å². The molecule has 0 spiro atoms. The van der Waals surface area contributed by atoms with Gasteiger partial charge >= 0.3 is 6.09 Å². The van der Waals surface area contributed by atoms with Gasteiger partial charge < -0.3 is 10.1 Å². The fraction of sp³-hybridized carbons (Fsp3) is 0.176. The predicted molar refractivity (Wildman–Crippen MR) is 78.2 cm³/mol. The molecule has 1 N–H and O–H groups in total. The highest BCUT2D eigenvalue weighted by molar-refractivity contribution is 5.79. The fourth-order valence-electron chi connectivity index (χ4n) is 2.76. The summed E-state index contributed by atoms with van der Waals surface area (Å²) in [5, 5.41) is 2.53. The summed E-state index contributed by atoms with van der Waals surface area (Å²) in [5.74, 6) is 0.116. The van der Waals surface area contributed by atoms with Crippen LogP contribution in [0.15, 0.2) is 48.5 Å². The number of fused-ring (bicyclic) bond motifs is 3. The topological polar surface area (TPSA) is 38.3 Å². The van der Waals surface area contributed by atoms with Gasteiger partial charge in [-0.25, -0.2) is 4.79 Å². The first-order valence-corrected chi connectivity index (χ1v) is 6.70. The second-order valence-electron chi connectivity index (χ2n) is 4.76. The highest BCUT2D eigenvalue weighted by atomic mass is 16.5. The van der Waals surface area contributed by atoms with Crippen LogP contribution in [-0.4, -0.2) is 12.7 Å². The Morgan fingerprint density at radius 2 is 1.65 bits per heavy atom. The number of alkyl carbamates (subject to hydrolysis) is 1. The number of hydrogen-bond donors (Lipinski definition) is 1. The third kappa shape index (κ3) is 2.16. The van der Waals surface area contributed by atoms with E-state index < -0.39 is 6.09 Å². The number of nitrogens with one attached hydrogen (secondary N) is 1. The van der Waals surface area contributed by atoms with Crippen LogP contribution in [0.5, 0.6) is 0 Å². The van der Waals surface area contributed by atoms with E-state index in [2.05, 4.69) is 29.6 Å². The van der Waals surface area contributed by atoms with Crippen molar-refractivity contribution in [3.05, 3.63) is 66.2 Å². The molecule has 0 heterocycles. The maximum absolute atomic E-state index is 11.5. The molecule has 0 aromatic heterocycles. The zero-order valence-electron chi connectivity index (χ0n) is 11.3. The van der Waals surface area contributed by atoms with Gasteiger partial charge in [-0.2, -0.15) is 0 Å². The van der Waals surface area contributed by atoms with E-state index in [-0.39, 0.29) is 5.92 Å². The van der Waals surface area contributed by atoms with Crippen LogP contribution in [-0.2, 0) is 4.74 Å². The molecule has 1 aliphatic carbocycles. The first-order valence-electron chi connectivity index (χ1n) is 6.70. The number of benzene rings is 2. The van der Waals surface area contributed by atoms with E-state index in [0.29, 0.717) is 6.61 Å². The molecular weight excluding hydrogens is 250 g/mol. The molecule has 3 rings (SSSR count). The van der Waals surface area contributed by atoms with Crippen LogP contribution in [0.4, 0.5) is 4.79 Å². The normalized spacial score (nSPS) is 12.7. The molecule has 0 saturated carbocycles. The van der Waals surface area contributed by atoms with Gasteiger partial charge in [0.25, 0.3) is 0 Å². The molecule has 3 heteroatoms. The molecule has 20 heavy (non-hydrogen) atoms. The van der Waals surface area contributed by atoms with E-state index in [9.17, 15) is 4.79 Å². The summed E-state index contributed by atoms with van der Waals surface area (Å²) < 4.78 is 5.30. The molecule has 0 aliphatic heterocycles. The summed E-state index contributed by atoms with van der Waals surface area (Å²) >= 11 is 0. The molecule has 0 unspecified atom stereocenters. The lowest BCUT2D eigenvalue weighted by molar-refractivity contribution is 0.145. The summed E-state index contributed by atoms with van der Waals surface area (Å²) in [7, 11) is 0. The Labute approximate surface area is 118 Å². The van der Waals surface area contributed by atoms with Crippen molar-refractivity contribution in [2.75, 3.05) is 6.61 Å². The van der Waals surface area contributed by atoms with Crippen molar-refractivity contribution in [1.82, 2.24) is 5.32 Å². The summed E-state index contributed by atoms with van der Waals surface area (Å²) in [6.07, 6.45) is -0.408. The van der Waals surface area contributed by atoms with E-state index in [1.54, 1.807) is 13.5 Å². The second-order valence-corrected chi connectivity index (χ2v) is 4.76. The van der Waals surface area contributed by atoms with Crippen molar-refractivity contribution < 1.29 is 9.53 Å². The third-order valence-electron chi connectivity index (χ3n) is 3.61. The van der Waals surface area contributed by atoms with Crippen LogP contribution in [0.25, 0.3) is 11.1 Å². The Bertz CT molecular complexity index is 591. The molecule has 3 nitrogen and oxygen atoms in total. The largest absolute Gasteiger partial charge is 0.449 e. The molecule has 1 amide bonds. The van der Waals surface area contributed by atoms with Gasteiger partial charge in [0.2, 0.25) is 0 Å². The van der Waals surface area contributed by atoms with Gasteiger partial charge in [0.05, 0.1) is 0 Å². The van der Waals surface area contributed by atoms with Crippen molar-refractivity contribution in [3.63, 3.8) is 0 Å². The van der Waals surface area contributed by atoms with E-state index in [4.69, 9.17) is 4.74 Å². The Kier molecular flexibility index (Phi) is 3.42. The van der Waals surface area contributed by atoms with Crippen LogP contribution in [0.3, 0.4) is 0 Å². The van der Waals surface area contributed by atoms with Gasteiger partial charge in [-0.15, -0.1) is 0 Å². The second kappa shape index (κ2) is 5.37. The minimum atomic E-state index is -0.408. The lowest BCUT2D eigenvalue weighted by atomic mass is 9.98. The summed E-state index contributed by atoms with van der Waals surface area (Å²) in [5.41, 5.74) is 4.92. The quantitative estimate of drug-likeness (QED) is 0.919. The van der Waals surface area contributed by atoms with Gasteiger partial charge in [0, 0.05) is 12.5 Å². The molecule has 1 radical (unpaired) electrons. The molecule has 0 atom stereocenters. The minimum absolute atomic E-state index is 0.116. The van der Waals surface area contributed by atoms with Crippen molar-refractivity contribution >= 4 is 6.09 Å². The Hall–Kier alpha value is -2.29. The lowest BCUT2D eigenvalue weighted by Gasteiger charge is -2.14. The molecule has 101 valence electrons. The molecule has 0 fully saturated rings. The van der Waals surface area contributed by atoms with Crippen LogP contribution >= 0.6 is 0 Å². The standard InChI is InChI=1S/C17H16NO2/c1-2-18-17(19)20-11-16-14-9-5-3-7-12(14)13-8-4-6-10-15(13)16/h2-10,16H,11H2,1H3,(H,18,19). The molecular formula is C17H16NO2. The molecule has 2 aromatic rings. The van der Waals surface area contributed by atoms with Crippen molar-refractivity contribution in [2.45, 2.75) is 12.8 Å². The SMILES string of the molecule is C[CH]NC(=O)OCC1c2ccccc2-c2ccccc21. The maximum Gasteiger partial charge on any atom is 0.407 e. The molecule has 0 saturated heterocycles. The number of rotatable bonds is 3. The predicted octanol–water partition coefficient (Wildman–Crippen LogP) is 3.71. The highest BCUT2D eigenvalue weighted by Crippen LogP contribution is 2.44. The Balaban J connectivity index is 1.89. The maximum atomic E-state index is 11.5. The number of carbonyl (C=O) groups excluding carboxylic acids is 1. The number of carbonyl (C=O) groups is 1. The van der Waals surface area contributed by atoms with E-state index in [1.807, 2.05) is 24.3 Å². The van der Waals surface area contributed by atoms with Crippen LogP contribution < -0.4 is 5.32 Å². The first kappa shape index (κ1) is 12.7. The fourth-order valence-corrected chi connectivity index (χ4v) is 2.76. The van der Waals surface area contributed by atoms with Crippen molar-refractivity contribution in [3.8, 4) is 11.1 Å². The summed E-state index contributed by atoms with van der Waals surface area (Å²) in [6.45, 7) is 3.67. The molecule has 0 bridgehead atoms. The lowest BCUT2D eigenvalue weighted by Crippen LogP contribution is -2.22. The minimum Gasteiger partial charge on any atom is -0.449 e. The van der Waals surface area contributed by atoms with Gasteiger partial charge in [0.1, 0.15) is 6.61 Å². The monoisotopic (exact) mass is 266 g/mol. The zero-order valence-corrected chi connectivity index (χ0v) is 11.3. The molecule has 2 aromatic carbocycles. The van der Waals surface area contributed by atoms with E-state index in [0.717, 1.165) is 0 Å². The summed E-state index contributed by atoms with van der Waals surface area (Å²) in [6, 6.07) is 16.6. The van der Waals surface area contributed by atoms with Crippen molar-refractivity contribution in [2.24, 2.45) is 0 Å². The Morgan fingerprint density at radius 1 is 1.10 bits per heavy atom. The number of ether oxygens (including phenoxy) is 1.